The molecule has 3 fully saturated rings. The largest absolute Gasteiger partial charge is 0.508 e. The van der Waals surface area contributed by atoms with Gasteiger partial charge in [-0.3, -0.25) is 0 Å². The molecule has 3 aliphatic carbocycles. The molecule has 2 nitrogen and oxygen atoms in total. The molecular weight excluding hydrogens is 360 g/mol. The third-order valence-electron chi connectivity index (χ3n) is 6.64. The fourth-order valence-electron chi connectivity index (χ4n) is 5.68. The van der Waals surface area contributed by atoms with Crippen molar-refractivity contribution in [1.82, 2.24) is 0 Å². The lowest BCUT2D eigenvalue weighted by Crippen LogP contribution is -2.29. The van der Waals surface area contributed by atoms with Gasteiger partial charge in [0.05, 0.1) is 0 Å². The van der Waals surface area contributed by atoms with E-state index in [1.807, 2.05) is 23.5 Å². The molecule has 0 heterocycles. The highest BCUT2D eigenvalue weighted by molar-refractivity contribution is 8.00. The molecule has 26 heavy (non-hydrogen) atoms. The van der Waals surface area contributed by atoms with Crippen LogP contribution in [0.4, 0.5) is 0 Å². The summed E-state index contributed by atoms with van der Waals surface area (Å²) in [7, 11) is 0. The standard InChI is InChI=1S/C22H24O2S2/c23-14-1-5-16(6-2-14)25-20-10-9-18-19-11-13(22(18)20)12-21(19)26-17-7-3-15(24)4-8-17/h1-8,13,18-24H,9-12H2. The molecule has 0 radical (unpaired) electrons. The Morgan fingerprint density at radius 2 is 1.23 bits per heavy atom. The lowest BCUT2D eigenvalue weighted by atomic mass is 9.81. The summed E-state index contributed by atoms with van der Waals surface area (Å²) in [4.78, 5) is 2.59. The van der Waals surface area contributed by atoms with Crippen molar-refractivity contribution in [2.75, 3.05) is 0 Å². The minimum atomic E-state index is 0.354. The normalized spacial score (nSPS) is 34.9. The molecule has 5 rings (SSSR count). The highest BCUT2D eigenvalue weighted by Crippen LogP contribution is 2.64. The van der Waals surface area contributed by atoms with E-state index >= 15 is 0 Å². The minimum absolute atomic E-state index is 0.354. The number of phenols is 2. The highest BCUT2D eigenvalue weighted by Gasteiger charge is 2.57. The topological polar surface area (TPSA) is 40.5 Å². The second kappa shape index (κ2) is 6.72. The summed E-state index contributed by atoms with van der Waals surface area (Å²) in [6.07, 6.45) is 5.49. The average Bonchev–Trinajstić information content (AvgIpc) is 3.32. The highest BCUT2D eigenvalue weighted by atomic mass is 32.2. The van der Waals surface area contributed by atoms with E-state index in [1.165, 1.54) is 35.5 Å². The number of benzene rings is 2. The maximum absolute atomic E-state index is 9.49. The molecule has 0 spiro atoms. The van der Waals surface area contributed by atoms with Crippen LogP contribution in [0.15, 0.2) is 58.3 Å². The van der Waals surface area contributed by atoms with Gasteiger partial charge in [0.25, 0.3) is 0 Å². The first-order chi connectivity index (χ1) is 12.7. The van der Waals surface area contributed by atoms with E-state index in [0.29, 0.717) is 11.5 Å². The van der Waals surface area contributed by atoms with Gasteiger partial charge in [0.2, 0.25) is 0 Å². The van der Waals surface area contributed by atoms with Crippen molar-refractivity contribution in [3.8, 4) is 11.5 Å². The van der Waals surface area contributed by atoms with Gasteiger partial charge in [-0.1, -0.05) is 0 Å². The number of hydrogen-bond acceptors (Lipinski definition) is 4. The summed E-state index contributed by atoms with van der Waals surface area (Å²) in [6, 6.07) is 15.5. The maximum Gasteiger partial charge on any atom is 0.115 e. The number of fused-ring (bicyclic) bond motifs is 5. The molecule has 0 amide bonds. The quantitative estimate of drug-likeness (QED) is 0.700. The van der Waals surface area contributed by atoms with Crippen molar-refractivity contribution in [1.29, 1.82) is 0 Å². The second-order valence-electron chi connectivity index (χ2n) is 8.01. The zero-order valence-corrected chi connectivity index (χ0v) is 16.3. The SMILES string of the molecule is Oc1ccc(SC2CC3CC2C2CCC(Sc4ccc(O)cc4)C32)cc1. The summed E-state index contributed by atoms with van der Waals surface area (Å²) in [5.74, 6) is 4.25. The van der Waals surface area contributed by atoms with Crippen LogP contribution < -0.4 is 0 Å². The van der Waals surface area contributed by atoms with E-state index in [0.717, 1.165) is 34.2 Å². The Morgan fingerprint density at radius 3 is 1.85 bits per heavy atom. The molecule has 0 aromatic heterocycles. The molecule has 0 aliphatic heterocycles. The lowest BCUT2D eigenvalue weighted by Gasteiger charge is -2.33. The fraction of sp³-hybridized carbons (Fsp3) is 0.455. The van der Waals surface area contributed by atoms with Gasteiger partial charge in [-0.25, -0.2) is 0 Å². The molecule has 2 aromatic carbocycles. The third kappa shape index (κ3) is 3.01. The van der Waals surface area contributed by atoms with Crippen molar-refractivity contribution in [2.45, 2.75) is 46.0 Å². The number of phenolic OH excluding ortho intramolecular Hbond substituents is 2. The molecule has 2 bridgehead atoms. The van der Waals surface area contributed by atoms with Crippen LogP contribution in [0.3, 0.4) is 0 Å². The summed E-state index contributed by atoms with van der Waals surface area (Å²) in [5.41, 5.74) is 0. The van der Waals surface area contributed by atoms with E-state index in [9.17, 15) is 10.2 Å². The molecule has 136 valence electrons. The monoisotopic (exact) mass is 384 g/mol. The van der Waals surface area contributed by atoms with Gasteiger partial charge in [0, 0.05) is 20.3 Å². The summed E-state index contributed by atoms with van der Waals surface area (Å²) >= 11 is 4.07. The van der Waals surface area contributed by atoms with E-state index in [2.05, 4.69) is 24.3 Å². The Morgan fingerprint density at radius 1 is 0.654 bits per heavy atom. The van der Waals surface area contributed by atoms with Gasteiger partial charge in [0.15, 0.2) is 0 Å². The van der Waals surface area contributed by atoms with Crippen molar-refractivity contribution < 1.29 is 10.2 Å². The fourth-order valence-corrected chi connectivity index (χ4v) is 8.63. The van der Waals surface area contributed by atoms with E-state index in [4.69, 9.17) is 0 Å². The minimum Gasteiger partial charge on any atom is -0.508 e. The number of hydrogen-bond donors (Lipinski definition) is 2. The Bertz CT molecular complexity index is 774. The Labute approximate surface area is 163 Å². The van der Waals surface area contributed by atoms with Crippen molar-refractivity contribution in [2.24, 2.45) is 23.7 Å². The van der Waals surface area contributed by atoms with Crippen molar-refractivity contribution in [3.63, 3.8) is 0 Å². The van der Waals surface area contributed by atoms with Gasteiger partial charge >= 0.3 is 0 Å². The zero-order valence-electron chi connectivity index (χ0n) is 14.6. The predicted molar refractivity (Wildman–Crippen MR) is 108 cm³/mol. The predicted octanol–water partition coefficient (Wildman–Crippen LogP) is 5.79. The van der Waals surface area contributed by atoms with Crippen LogP contribution in [0.2, 0.25) is 0 Å². The van der Waals surface area contributed by atoms with Gasteiger partial charge in [-0.05, 0) is 97.9 Å². The second-order valence-corrected chi connectivity index (χ2v) is 10.6. The van der Waals surface area contributed by atoms with Crippen LogP contribution in [-0.2, 0) is 0 Å². The Kier molecular flexibility index (Phi) is 4.36. The summed E-state index contributed by atoms with van der Waals surface area (Å²) in [5, 5.41) is 20.5. The number of aromatic hydroxyl groups is 2. The Balaban J connectivity index is 1.26. The molecule has 6 atom stereocenters. The lowest BCUT2D eigenvalue weighted by molar-refractivity contribution is 0.270. The van der Waals surface area contributed by atoms with Gasteiger partial charge in [-0.2, -0.15) is 0 Å². The molecule has 3 saturated carbocycles. The van der Waals surface area contributed by atoms with Crippen molar-refractivity contribution >= 4 is 23.5 Å². The van der Waals surface area contributed by atoms with Crippen LogP contribution in [0.1, 0.15) is 25.7 Å². The van der Waals surface area contributed by atoms with Crippen molar-refractivity contribution in [3.05, 3.63) is 48.5 Å². The molecular formula is C22H24O2S2. The van der Waals surface area contributed by atoms with Gasteiger partial charge in [-0.15, -0.1) is 23.5 Å². The van der Waals surface area contributed by atoms with Gasteiger partial charge in [0.1, 0.15) is 11.5 Å². The maximum atomic E-state index is 9.49. The first kappa shape index (κ1) is 16.9. The molecule has 4 heteroatoms. The first-order valence-electron chi connectivity index (χ1n) is 9.59. The number of thioether (sulfide) groups is 2. The third-order valence-corrected chi connectivity index (χ3v) is 9.42. The smallest absolute Gasteiger partial charge is 0.115 e. The molecule has 3 aliphatic rings. The summed E-state index contributed by atoms with van der Waals surface area (Å²) in [6.45, 7) is 0. The van der Waals surface area contributed by atoms with Crippen LogP contribution in [0.25, 0.3) is 0 Å². The summed E-state index contributed by atoms with van der Waals surface area (Å²) < 4.78 is 0. The van der Waals surface area contributed by atoms with Crippen LogP contribution >= 0.6 is 23.5 Å². The molecule has 2 aromatic rings. The van der Waals surface area contributed by atoms with Crippen LogP contribution in [0.5, 0.6) is 11.5 Å². The van der Waals surface area contributed by atoms with Crippen LogP contribution in [-0.4, -0.2) is 20.7 Å². The number of rotatable bonds is 4. The van der Waals surface area contributed by atoms with E-state index in [1.54, 1.807) is 24.3 Å². The molecule has 0 saturated heterocycles. The molecule has 2 N–H and O–H groups in total. The van der Waals surface area contributed by atoms with E-state index < -0.39 is 0 Å². The van der Waals surface area contributed by atoms with Gasteiger partial charge < -0.3 is 10.2 Å². The first-order valence-corrected chi connectivity index (χ1v) is 11.3. The van der Waals surface area contributed by atoms with Crippen LogP contribution in [0, 0.1) is 23.7 Å². The molecule has 6 unspecified atom stereocenters. The average molecular weight is 385 g/mol. The Hall–Kier alpha value is -1.26. The zero-order chi connectivity index (χ0) is 17.7. The van der Waals surface area contributed by atoms with E-state index in [-0.39, 0.29) is 0 Å².